The van der Waals surface area contributed by atoms with Gasteiger partial charge < -0.3 is 10.6 Å². The number of nitrogens with zero attached hydrogens (tertiary/aromatic N) is 2. The number of aromatic nitrogens is 2. The highest BCUT2D eigenvalue weighted by Crippen LogP contribution is 2.23. The number of benzene rings is 1. The topological polar surface area (TPSA) is 49.8 Å². The molecule has 0 saturated carbocycles. The molecule has 0 aliphatic heterocycles. The van der Waals surface area contributed by atoms with E-state index in [1.165, 1.54) is 6.07 Å². The van der Waals surface area contributed by atoms with Crippen molar-refractivity contribution in [1.29, 1.82) is 0 Å². The summed E-state index contributed by atoms with van der Waals surface area (Å²) in [6.07, 6.45) is 0.903. The highest BCUT2D eigenvalue weighted by atomic mass is 19.1. The number of hydrogen-bond donors (Lipinski definition) is 2. The zero-order valence-electron chi connectivity index (χ0n) is 9.34. The van der Waals surface area contributed by atoms with E-state index in [9.17, 15) is 13.2 Å². The zero-order valence-corrected chi connectivity index (χ0v) is 9.34. The maximum absolute atomic E-state index is 13.4. The van der Waals surface area contributed by atoms with E-state index < -0.39 is 23.1 Å². The van der Waals surface area contributed by atoms with E-state index in [-0.39, 0.29) is 11.8 Å². The summed E-state index contributed by atoms with van der Waals surface area (Å²) in [5.74, 6) is -2.65. The molecule has 0 saturated heterocycles. The molecule has 2 N–H and O–H groups in total. The number of para-hydroxylation sites is 1. The van der Waals surface area contributed by atoms with Crippen LogP contribution in [-0.4, -0.2) is 17.0 Å². The number of hydrogen-bond acceptors (Lipinski definition) is 4. The van der Waals surface area contributed by atoms with Crippen molar-refractivity contribution in [2.24, 2.45) is 0 Å². The Kier molecular flexibility index (Phi) is 3.31. The van der Waals surface area contributed by atoms with Crippen LogP contribution < -0.4 is 10.6 Å². The molecule has 0 amide bonds. The lowest BCUT2D eigenvalue weighted by Crippen LogP contribution is -2.05. The summed E-state index contributed by atoms with van der Waals surface area (Å²) in [5.41, 5.74) is -0.461. The molecule has 0 fully saturated rings. The molecule has 4 nitrogen and oxygen atoms in total. The van der Waals surface area contributed by atoms with Gasteiger partial charge in [-0.3, -0.25) is 0 Å². The molecule has 1 heterocycles. The fourth-order valence-corrected chi connectivity index (χ4v) is 1.31. The third-order valence-electron chi connectivity index (χ3n) is 2.17. The molecular formula is C11H9F3N4. The SMILES string of the molecule is CNc1ncc(F)c(Nc2c(F)cccc2F)n1. The highest BCUT2D eigenvalue weighted by Gasteiger charge is 2.12. The van der Waals surface area contributed by atoms with E-state index >= 15 is 0 Å². The molecule has 0 aliphatic carbocycles. The zero-order chi connectivity index (χ0) is 13.1. The number of anilines is 3. The molecule has 94 valence electrons. The van der Waals surface area contributed by atoms with Crippen molar-refractivity contribution < 1.29 is 13.2 Å². The second-order valence-corrected chi connectivity index (χ2v) is 3.36. The quantitative estimate of drug-likeness (QED) is 0.884. The first kappa shape index (κ1) is 12.2. The van der Waals surface area contributed by atoms with Gasteiger partial charge >= 0.3 is 0 Å². The maximum atomic E-state index is 13.4. The first-order valence-corrected chi connectivity index (χ1v) is 5.03. The van der Waals surface area contributed by atoms with Gasteiger partial charge in [0.05, 0.1) is 6.20 Å². The third kappa shape index (κ3) is 2.34. The van der Waals surface area contributed by atoms with Gasteiger partial charge in [-0.05, 0) is 12.1 Å². The van der Waals surface area contributed by atoms with Gasteiger partial charge in [0.25, 0.3) is 0 Å². The van der Waals surface area contributed by atoms with E-state index in [4.69, 9.17) is 0 Å². The predicted octanol–water partition coefficient (Wildman–Crippen LogP) is 2.68. The van der Waals surface area contributed by atoms with Gasteiger partial charge in [0.2, 0.25) is 5.95 Å². The summed E-state index contributed by atoms with van der Waals surface area (Å²) in [6, 6.07) is 3.33. The summed E-state index contributed by atoms with van der Waals surface area (Å²) in [4.78, 5) is 7.35. The molecular weight excluding hydrogens is 245 g/mol. The van der Waals surface area contributed by atoms with Crippen LogP contribution in [0.4, 0.5) is 30.6 Å². The van der Waals surface area contributed by atoms with E-state index in [2.05, 4.69) is 20.6 Å². The first-order valence-electron chi connectivity index (χ1n) is 5.03. The van der Waals surface area contributed by atoms with Crippen LogP contribution in [0.25, 0.3) is 0 Å². The van der Waals surface area contributed by atoms with Crippen molar-refractivity contribution in [3.05, 3.63) is 41.8 Å². The summed E-state index contributed by atoms with van der Waals surface area (Å²) in [5, 5.41) is 4.86. The molecule has 7 heteroatoms. The Morgan fingerprint density at radius 2 is 1.72 bits per heavy atom. The molecule has 0 unspecified atom stereocenters. The molecule has 0 atom stereocenters. The van der Waals surface area contributed by atoms with Crippen molar-refractivity contribution in [2.75, 3.05) is 17.7 Å². The molecule has 0 spiro atoms. The first-order chi connectivity index (χ1) is 8.61. The Hall–Kier alpha value is -2.31. The Morgan fingerprint density at radius 1 is 1.06 bits per heavy atom. The smallest absolute Gasteiger partial charge is 0.224 e. The van der Waals surface area contributed by atoms with Crippen LogP contribution in [0.5, 0.6) is 0 Å². The highest BCUT2D eigenvalue weighted by molar-refractivity contribution is 5.58. The van der Waals surface area contributed by atoms with Crippen LogP contribution in [0.2, 0.25) is 0 Å². The van der Waals surface area contributed by atoms with E-state index in [0.29, 0.717) is 0 Å². The maximum Gasteiger partial charge on any atom is 0.224 e. The summed E-state index contributed by atoms with van der Waals surface area (Å²) in [6.45, 7) is 0. The van der Waals surface area contributed by atoms with Crippen LogP contribution in [0.15, 0.2) is 24.4 Å². The lowest BCUT2D eigenvalue weighted by molar-refractivity contribution is 0.588. The predicted molar refractivity (Wildman–Crippen MR) is 61.2 cm³/mol. The lowest BCUT2D eigenvalue weighted by Gasteiger charge is -2.09. The van der Waals surface area contributed by atoms with Crippen molar-refractivity contribution in [1.82, 2.24) is 9.97 Å². The summed E-state index contributed by atoms with van der Waals surface area (Å²) < 4.78 is 40.1. The van der Waals surface area contributed by atoms with Crippen molar-refractivity contribution in [2.45, 2.75) is 0 Å². The van der Waals surface area contributed by atoms with Gasteiger partial charge in [-0.2, -0.15) is 4.98 Å². The molecule has 0 aliphatic rings. The fourth-order valence-electron chi connectivity index (χ4n) is 1.31. The summed E-state index contributed by atoms with van der Waals surface area (Å²) in [7, 11) is 1.54. The number of halogens is 3. The van der Waals surface area contributed by atoms with Gasteiger partial charge in [-0.15, -0.1) is 0 Å². The second-order valence-electron chi connectivity index (χ2n) is 3.36. The Labute approximate surface area is 101 Å². The standard InChI is InChI=1S/C11H9F3N4/c1-15-11-16-5-8(14)10(18-11)17-9-6(12)3-2-4-7(9)13/h2-5H,1H3,(H2,15,16,17,18). The fraction of sp³-hybridized carbons (Fsp3) is 0.0909. The minimum Gasteiger partial charge on any atom is -0.357 e. The monoisotopic (exact) mass is 254 g/mol. The minimum absolute atomic E-state index is 0.135. The average Bonchev–Trinajstić information content (AvgIpc) is 2.36. The van der Waals surface area contributed by atoms with Crippen LogP contribution in [0, 0.1) is 17.5 Å². The minimum atomic E-state index is -0.834. The van der Waals surface area contributed by atoms with Crippen LogP contribution in [0.3, 0.4) is 0 Å². The van der Waals surface area contributed by atoms with E-state index in [0.717, 1.165) is 18.3 Å². The lowest BCUT2D eigenvalue weighted by atomic mass is 10.3. The molecule has 0 radical (unpaired) electrons. The Morgan fingerprint density at radius 3 is 2.33 bits per heavy atom. The number of rotatable bonds is 3. The van der Waals surface area contributed by atoms with Gasteiger partial charge in [-0.25, -0.2) is 18.2 Å². The summed E-state index contributed by atoms with van der Waals surface area (Å²) >= 11 is 0. The normalized spacial score (nSPS) is 10.2. The Balaban J connectivity index is 2.39. The van der Waals surface area contributed by atoms with E-state index in [1.54, 1.807) is 7.05 Å². The van der Waals surface area contributed by atoms with Crippen LogP contribution in [-0.2, 0) is 0 Å². The van der Waals surface area contributed by atoms with Crippen molar-refractivity contribution in [3.8, 4) is 0 Å². The van der Waals surface area contributed by atoms with Crippen molar-refractivity contribution in [3.63, 3.8) is 0 Å². The van der Waals surface area contributed by atoms with Gasteiger partial charge in [0.15, 0.2) is 11.6 Å². The van der Waals surface area contributed by atoms with E-state index in [1.807, 2.05) is 0 Å². The second kappa shape index (κ2) is 4.91. The average molecular weight is 254 g/mol. The van der Waals surface area contributed by atoms with Gasteiger partial charge in [0, 0.05) is 7.05 Å². The molecule has 2 aromatic rings. The molecule has 1 aromatic carbocycles. The molecule has 1 aromatic heterocycles. The molecule has 18 heavy (non-hydrogen) atoms. The third-order valence-corrected chi connectivity index (χ3v) is 2.17. The largest absolute Gasteiger partial charge is 0.357 e. The van der Waals surface area contributed by atoms with Crippen LogP contribution in [0.1, 0.15) is 0 Å². The molecule has 2 rings (SSSR count). The Bertz CT molecular complexity index is 554. The van der Waals surface area contributed by atoms with Crippen molar-refractivity contribution >= 4 is 17.5 Å². The van der Waals surface area contributed by atoms with Gasteiger partial charge in [-0.1, -0.05) is 6.07 Å². The number of nitrogens with one attached hydrogen (secondary N) is 2. The van der Waals surface area contributed by atoms with Crippen LogP contribution >= 0.6 is 0 Å². The molecule has 0 bridgehead atoms. The van der Waals surface area contributed by atoms with Gasteiger partial charge in [0.1, 0.15) is 17.3 Å².